The second-order valence-corrected chi connectivity index (χ2v) is 6.90. The molecular weight excluding hydrogens is 304 g/mol. The predicted octanol–water partition coefficient (Wildman–Crippen LogP) is 2.42. The largest absolute Gasteiger partial charge is 0.462 e. The van der Waals surface area contributed by atoms with Gasteiger partial charge in [-0.2, -0.15) is 0 Å². The van der Waals surface area contributed by atoms with Crippen LogP contribution in [0, 0.1) is 13.8 Å². The zero-order valence-corrected chi connectivity index (χ0v) is 13.2. The van der Waals surface area contributed by atoms with Gasteiger partial charge in [0, 0.05) is 30.8 Å². The topological polar surface area (TPSA) is 69.7 Å². The summed E-state index contributed by atoms with van der Waals surface area (Å²) in [6, 6.07) is 2.67. The Morgan fingerprint density at radius 2 is 1.90 bits per heavy atom. The maximum atomic E-state index is 12.0. The molecule has 0 N–H and O–H groups in total. The SMILES string of the molecule is COCCCOC(=O)c1cc(S(=O)(=O)Cl)cc(C)c1C. The molecule has 0 spiro atoms. The highest BCUT2D eigenvalue weighted by atomic mass is 35.7. The standard InChI is InChI=1S/C13H17ClO5S/c1-9-7-11(20(14,16)17)8-12(10(9)2)13(15)19-6-4-5-18-3/h7-8H,4-6H2,1-3H3. The van der Waals surface area contributed by atoms with Gasteiger partial charge in [-0.15, -0.1) is 0 Å². The van der Waals surface area contributed by atoms with Gasteiger partial charge < -0.3 is 9.47 Å². The highest BCUT2D eigenvalue weighted by Gasteiger charge is 2.18. The number of halogens is 1. The molecule has 0 heterocycles. The van der Waals surface area contributed by atoms with E-state index >= 15 is 0 Å². The minimum atomic E-state index is -3.88. The van der Waals surface area contributed by atoms with Crippen molar-refractivity contribution >= 4 is 25.7 Å². The Bertz CT molecular complexity index is 595. The Balaban J connectivity index is 2.99. The summed E-state index contributed by atoms with van der Waals surface area (Å²) in [6.45, 7) is 4.14. The van der Waals surface area contributed by atoms with Crippen molar-refractivity contribution in [3.8, 4) is 0 Å². The number of carbonyl (C=O) groups is 1. The Morgan fingerprint density at radius 3 is 2.45 bits per heavy atom. The molecule has 0 unspecified atom stereocenters. The van der Waals surface area contributed by atoms with Gasteiger partial charge in [-0.25, -0.2) is 13.2 Å². The summed E-state index contributed by atoms with van der Waals surface area (Å²) in [5.74, 6) is -0.566. The van der Waals surface area contributed by atoms with Crippen LogP contribution < -0.4 is 0 Å². The van der Waals surface area contributed by atoms with Crippen LogP contribution in [0.3, 0.4) is 0 Å². The first-order valence-electron chi connectivity index (χ1n) is 5.99. The molecule has 0 atom stereocenters. The summed E-state index contributed by atoms with van der Waals surface area (Å²) < 4.78 is 32.7. The highest BCUT2D eigenvalue weighted by Crippen LogP contribution is 2.23. The van der Waals surface area contributed by atoms with E-state index in [9.17, 15) is 13.2 Å². The summed E-state index contributed by atoms with van der Waals surface area (Å²) in [6.07, 6.45) is 0.577. The van der Waals surface area contributed by atoms with E-state index in [1.165, 1.54) is 12.1 Å². The monoisotopic (exact) mass is 320 g/mol. The quantitative estimate of drug-likeness (QED) is 0.457. The minimum absolute atomic E-state index is 0.105. The molecule has 1 aromatic carbocycles. The lowest BCUT2D eigenvalue weighted by atomic mass is 10.0. The van der Waals surface area contributed by atoms with Gasteiger partial charge in [0.25, 0.3) is 9.05 Å². The average Bonchev–Trinajstić information content (AvgIpc) is 2.36. The van der Waals surface area contributed by atoms with E-state index in [4.69, 9.17) is 20.2 Å². The first kappa shape index (κ1) is 16.9. The van der Waals surface area contributed by atoms with Gasteiger partial charge in [-0.05, 0) is 37.1 Å². The van der Waals surface area contributed by atoms with Gasteiger partial charge in [0.15, 0.2) is 0 Å². The molecular formula is C13H17ClO5S. The van der Waals surface area contributed by atoms with Crippen LogP contribution in [0.1, 0.15) is 27.9 Å². The first-order valence-corrected chi connectivity index (χ1v) is 8.30. The van der Waals surface area contributed by atoms with Gasteiger partial charge in [0.1, 0.15) is 0 Å². The Kier molecular flexibility index (Phi) is 5.98. The molecule has 0 saturated carbocycles. The van der Waals surface area contributed by atoms with Crippen molar-refractivity contribution in [2.24, 2.45) is 0 Å². The molecule has 0 aliphatic rings. The number of aryl methyl sites for hydroxylation is 1. The summed E-state index contributed by atoms with van der Waals surface area (Å²) in [5, 5.41) is 0. The van der Waals surface area contributed by atoms with E-state index in [1.807, 2.05) is 0 Å². The van der Waals surface area contributed by atoms with Crippen molar-refractivity contribution in [2.45, 2.75) is 25.2 Å². The van der Waals surface area contributed by atoms with Gasteiger partial charge in [0.05, 0.1) is 17.1 Å². The molecule has 7 heteroatoms. The van der Waals surface area contributed by atoms with Crippen LogP contribution >= 0.6 is 10.7 Å². The third kappa shape index (κ3) is 4.47. The third-order valence-corrected chi connectivity index (χ3v) is 4.20. The average molecular weight is 321 g/mol. The van der Waals surface area contributed by atoms with Gasteiger partial charge >= 0.3 is 5.97 Å². The van der Waals surface area contributed by atoms with Crippen LogP contribution in [0.4, 0.5) is 0 Å². The summed E-state index contributed by atoms with van der Waals surface area (Å²) in [7, 11) is 2.99. The van der Waals surface area contributed by atoms with Crippen molar-refractivity contribution < 1.29 is 22.7 Å². The van der Waals surface area contributed by atoms with Crippen LogP contribution in [-0.2, 0) is 18.5 Å². The van der Waals surface area contributed by atoms with Crippen molar-refractivity contribution in [2.75, 3.05) is 20.3 Å². The zero-order chi connectivity index (χ0) is 15.3. The van der Waals surface area contributed by atoms with E-state index in [2.05, 4.69) is 0 Å². The van der Waals surface area contributed by atoms with Crippen molar-refractivity contribution in [1.29, 1.82) is 0 Å². The number of rotatable bonds is 6. The predicted molar refractivity (Wildman–Crippen MR) is 75.7 cm³/mol. The molecule has 0 fully saturated rings. The zero-order valence-electron chi connectivity index (χ0n) is 11.6. The van der Waals surface area contributed by atoms with Crippen molar-refractivity contribution in [1.82, 2.24) is 0 Å². The Morgan fingerprint density at radius 1 is 1.25 bits per heavy atom. The molecule has 0 aromatic heterocycles. The normalized spacial score (nSPS) is 11.4. The molecule has 0 bridgehead atoms. The fraction of sp³-hybridized carbons (Fsp3) is 0.462. The second-order valence-electron chi connectivity index (χ2n) is 4.33. The van der Waals surface area contributed by atoms with Crippen molar-refractivity contribution in [3.63, 3.8) is 0 Å². The number of carbonyl (C=O) groups excluding carboxylic acids is 1. The summed E-state index contributed by atoms with van der Waals surface area (Å²) >= 11 is 0. The smallest absolute Gasteiger partial charge is 0.338 e. The maximum Gasteiger partial charge on any atom is 0.338 e. The molecule has 1 aromatic rings. The molecule has 1 rings (SSSR count). The fourth-order valence-corrected chi connectivity index (χ4v) is 2.47. The maximum absolute atomic E-state index is 12.0. The fourth-order valence-electron chi connectivity index (χ4n) is 1.62. The van der Waals surface area contributed by atoms with Crippen LogP contribution in [0.5, 0.6) is 0 Å². The lowest BCUT2D eigenvalue weighted by Gasteiger charge is -2.10. The lowest BCUT2D eigenvalue weighted by Crippen LogP contribution is -2.11. The number of benzene rings is 1. The van der Waals surface area contributed by atoms with Gasteiger partial charge in [-0.1, -0.05) is 0 Å². The number of hydrogen-bond acceptors (Lipinski definition) is 5. The summed E-state index contributed by atoms with van der Waals surface area (Å²) in [5.41, 5.74) is 1.54. The highest BCUT2D eigenvalue weighted by molar-refractivity contribution is 8.13. The van der Waals surface area contributed by atoms with Crippen molar-refractivity contribution in [3.05, 3.63) is 28.8 Å². The van der Waals surface area contributed by atoms with Gasteiger partial charge in [0.2, 0.25) is 0 Å². The minimum Gasteiger partial charge on any atom is -0.462 e. The molecule has 20 heavy (non-hydrogen) atoms. The second kappa shape index (κ2) is 7.06. The molecule has 0 amide bonds. The van der Waals surface area contributed by atoms with Crippen LogP contribution in [-0.4, -0.2) is 34.7 Å². The molecule has 0 saturated heterocycles. The van der Waals surface area contributed by atoms with E-state index in [0.29, 0.717) is 24.2 Å². The summed E-state index contributed by atoms with van der Waals surface area (Å²) in [4.78, 5) is 11.9. The van der Waals surface area contributed by atoms with Crippen LogP contribution in [0.25, 0.3) is 0 Å². The van der Waals surface area contributed by atoms with E-state index in [1.54, 1.807) is 21.0 Å². The lowest BCUT2D eigenvalue weighted by molar-refractivity contribution is 0.0467. The van der Waals surface area contributed by atoms with E-state index < -0.39 is 15.0 Å². The van der Waals surface area contributed by atoms with Crippen LogP contribution in [0.2, 0.25) is 0 Å². The molecule has 0 radical (unpaired) electrons. The Labute approximate surface area is 123 Å². The number of hydrogen-bond donors (Lipinski definition) is 0. The third-order valence-electron chi connectivity index (χ3n) is 2.87. The van der Waals surface area contributed by atoms with E-state index in [-0.39, 0.29) is 17.1 Å². The van der Waals surface area contributed by atoms with E-state index in [0.717, 1.165) is 0 Å². The first-order chi connectivity index (χ1) is 9.27. The number of methoxy groups -OCH3 is 1. The van der Waals surface area contributed by atoms with Crippen LogP contribution in [0.15, 0.2) is 17.0 Å². The molecule has 112 valence electrons. The molecule has 0 aliphatic heterocycles. The molecule has 0 aliphatic carbocycles. The molecule has 5 nitrogen and oxygen atoms in total. The number of esters is 1. The Hall–Kier alpha value is -1.11. The van der Waals surface area contributed by atoms with Gasteiger partial charge in [-0.3, -0.25) is 0 Å². The number of ether oxygens (including phenoxy) is 2.